The smallest absolute Gasteiger partial charge is 0.780 e. The monoisotopic (exact) mass is 406 g/mol. The van der Waals surface area contributed by atoms with Crippen molar-refractivity contribution in [3.8, 4) is 0 Å². The number of halogens is 2. The maximum Gasteiger partial charge on any atom is 1.00 e. The van der Waals surface area contributed by atoms with Crippen LogP contribution in [0.2, 0.25) is 0 Å². The summed E-state index contributed by atoms with van der Waals surface area (Å²) in [6, 6.07) is 9.62. The molecule has 0 aliphatic carbocycles. The molecule has 0 aliphatic rings. The minimum atomic E-state index is 0. The van der Waals surface area contributed by atoms with Crippen molar-refractivity contribution in [2.75, 3.05) is 12.5 Å². The Balaban J connectivity index is -0.0000000665. The molecule has 0 unspecified atom stereocenters. The predicted molar refractivity (Wildman–Crippen MR) is 69.4 cm³/mol. The van der Waals surface area contributed by atoms with Crippen molar-refractivity contribution in [2.24, 2.45) is 0 Å². The van der Waals surface area contributed by atoms with E-state index >= 15 is 0 Å². The van der Waals surface area contributed by atoms with Crippen LogP contribution in [0.15, 0.2) is 35.2 Å². The molecular weight excluding hydrogens is 397 g/mol. The summed E-state index contributed by atoms with van der Waals surface area (Å²) in [5, 5.41) is 0. The van der Waals surface area contributed by atoms with E-state index in [1.807, 2.05) is 42.8 Å². The molecule has 0 spiro atoms. The fraction of sp³-hybridized carbons (Fsp3) is 0.250. The van der Waals surface area contributed by atoms with Gasteiger partial charge < -0.3 is 12.6 Å². The molecule has 0 aromatic heterocycles. The first-order valence-electron chi connectivity index (χ1n) is 3.16. The molecule has 0 amide bonds. The van der Waals surface area contributed by atoms with E-state index in [1.165, 1.54) is 11.3 Å². The van der Waals surface area contributed by atoms with Crippen LogP contribution in [0.3, 0.4) is 0 Å². The molecule has 0 nitrogen and oxygen atoms in total. The Morgan fingerprint density at radius 3 is 1.47 bits per heavy atom. The van der Waals surface area contributed by atoms with Gasteiger partial charge >= 0.3 is 77.3 Å². The fourth-order valence-corrected chi connectivity index (χ4v) is 0.578. The predicted octanol–water partition coefficient (Wildman–Crippen LogP) is -1.73. The number of hydrogen-bond acceptors (Lipinski definition) is 2. The van der Waals surface area contributed by atoms with Crippen LogP contribution in [0.5, 0.6) is 0 Å². The van der Waals surface area contributed by atoms with E-state index in [1.54, 1.807) is 11.8 Å². The van der Waals surface area contributed by atoms with E-state index in [9.17, 15) is 0 Å². The van der Waals surface area contributed by atoms with Crippen molar-refractivity contribution in [2.45, 2.75) is 4.90 Å². The van der Waals surface area contributed by atoms with Crippen LogP contribution in [-0.4, -0.2) is 12.5 Å². The van der Waals surface area contributed by atoms with E-state index in [0.717, 1.165) is 4.90 Å². The van der Waals surface area contributed by atoms with Crippen molar-refractivity contribution in [3.05, 3.63) is 30.3 Å². The molecule has 1 rings (SSSR count). The van der Waals surface area contributed by atoms with Crippen LogP contribution in [0.1, 0.15) is 0 Å². The van der Waals surface area contributed by atoms with Crippen LogP contribution in [-0.2, 0) is 24.0 Å². The average Bonchev–Trinajstić information content (AvgIpc) is 2.08. The van der Waals surface area contributed by atoms with Gasteiger partial charge in [0.05, 0.1) is 0 Å². The third-order valence-electron chi connectivity index (χ3n) is 0.743. The van der Waals surface area contributed by atoms with Crippen molar-refractivity contribution in [1.82, 2.24) is 0 Å². The van der Waals surface area contributed by atoms with Crippen molar-refractivity contribution in [3.63, 3.8) is 0 Å². The molecule has 0 radical (unpaired) electrons. The van der Waals surface area contributed by atoms with Crippen LogP contribution in [0, 0.1) is 0 Å². The summed E-state index contributed by atoms with van der Waals surface area (Å²) in [5.74, 6) is 0. The van der Waals surface area contributed by atoms with Crippen LogP contribution in [0.4, 0.5) is 0 Å². The van der Waals surface area contributed by atoms with Crippen LogP contribution >= 0.6 is 40.0 Å². The summed E-state index contributed by atoms with van der Waals surface area (Å²) in [7, 11) is 0. The van der Waals surface area contributed by atoms with E-state index in [2.05, 4.69) is 28.2 Å². The zero-order valence-electron chi connectivity index (χ0n) is 9.26. The van der Waals surface area contributed by atoms with Crippen LogP contribution in [0.25, 0.3) is 0 Å². The van der Waals surface area contributed by atoms with E-state index in [0.29, 0.717) is 0 Å². The topological polar surface area (TPSA) is 0 Å². The zero-order chi connectivity index (χ0) is 10.5. The number of benzene rings is 1. The molecule has 7 heteroatoms. The summed E-state index contributed by atoms with van der Waals surface area (Å²) < 4.78 is 0. The molecule has 1 aromatic carbocycles. The second-order valence-electron chi connectivity index (χ2n) is 1.76. The zero-order valence-corrected chi connectivity index (χ0v) is 15.0. The average molecular weight is 409 g/mol. The second-order valence-corrected chi connectivity index (χ2v) is 7.80. The number of thioether (sulfide) groups is 1. The Labute approximate surface area is 147 Å². The molecule has 82 valence electrons. The first kappa shape index (κ1) is 26.1. The Hall–Kier alpha value is 2.46. The van der Waals surface area contributed by atoms with Crippen LogP contribution < -0.4 is 37.7 Å². The molecule has 0 saturated heterocycles. The van der Waals surface area contributed by atoms with Gasteiger partial charge in [0.1, 0.15) is 0 Å². The number of rotatable bonds is 0. The van der Waals surface area contributed by atoms with Gasteiger partial charge in [-0.25, -0.2) is 0 Å². The summed E-state index contributed by atoms with van der Waals surface area (Å²) in [5.41, 5.74) is 0. The molecule has 0 aliphatic heterocycles. The second kappa shape index (κ2) is 25.3. The molecule has 0 fully saturated rings. The normalized spacial score (nSPS) is 6.67. The first-order valence-corrected chi connectivity index (χ1v) is 9.86. The largest absolute Gasteiger partial charge is 1.00 e. The van der Waals surface area contributed by atoms with Crippen molar-refractivity contribution < 1.29 is 49.1 Å². The fourth-order valence-electron chi connectivity index (χ4n) is 0.420. The Morgan fingerprint density at radius 2 is 1.33 bits per heavy atom. The molecule has 0 bridgehead atoms. The van der Waals surface area contributed by atoms with Gasteiger partial charge in [0, 0.05) is 0 Å². The van der Waals surface area contributed by atoms with Gasteiger partial charge in [0.2, 0.25) is 0 Å². The van der Waals surface area contributed by atoms with Crippen molar-refractivity contribution >= 4 is 52.6 Å². The van der Waals surface area contributed by atoms with Crippen molar-refractivity contribution in [1.29, 1.82) is 0 Å². The molecule has 0 atom stereocenters. The standard InChI is InChI=1S/C6H6S.C2H6S.2BrH.Cu.2Li/c7-6-4-2-1-3-5-6;1-3-2;;;;;/h1-5,7H;1-2H3;2*1H;;;/q;;;;3*+1/p-3. The summed E-state index contributed by atoms with van der Waals surface area (Å²) in [4.78, 5) is 0.905. The molecular formula is C8H11Br2CuLi2S2. The molecule has 0 saturated carbocycles. The quantitative estimate of drug-likeness (QED) is 0.370. The van der Waals surface area contributed by atoms with Gasteiger partial charge in [-0.1, -0.05) is 30.3 Å². The summed E-state index contributed by atoms with van der Waals surface area (Å²) >= 11 is 13.9. The van der Waals surface area contributed by atoms with Gasteiger partial charge in [0.15, 0.2) is 0 Å². The van der Waals surface area contributed by atoms with E-state index in [4.69, 9.17) is 12.6 Å². The maximum atomic E-state index is 4.81. The van der Waals surface area contributed by atoms with Gasteiger partial charge in [-0.2, -0.15) is 16.7 Å². The molecule has 15 heavy (non-hydrogen) atoms. The SMILES string of the molecule is CSC.[Br][Cu-][Br].[Li+].[Li+].[S-]c1ccccc1. The minimum Gasteiger partial charge on any atom is -0.780 e. The van der Waals surface area contributed by atoms with Gasteiger partial charge in [-0.05, 0) is 12.5 Å². The van der Waals surface area contributed by atoms with E-state index < -0.39 is 0 Å². The van der Waals surface area contributed by atoms with Gasteiger partial charge in [-0.15, -0.1) is 0 Å². The Kier molecular flexibility index (Phi) is 44.1. The van der Waals surface area contributed by atoms with Gasteiger partial charge in [-0.3, -0.25) is 0 Å². The Bertz CT molecular complexity index is 180. The summed E-state index contributed by atoms with van der Waals surface area (Å²) in [6.07, 6.45) is 4.08. The maximum absolute atomic E-state index is 4.81. The van der Waals surface area contributed by atoms with E-state index in [-0.39, 0.29) is 37.7 Å². The minimum absolute atomic E-state index is 0. The molecule has 0 heterocycles. The number of hydrogen-bond donors (Lipinski definition) is 0. The molecule has 0 N–H and O–H groups in total. The molecule has 1 aromatic rings. The summed E-state index contributed by atoms with van der Waals surface area (Å²) in [6.45, 7) is 0. The third kappa shape index (κ3) is 31.5. The van der Waals surface area contributed by atoms with Gasteiger partial charge in [0.25, 0.3) is 0 Å². The Morgan fingerprint density at radius 1 is 1.07 bits per heavy atom. The first-order chi connectivity index (χ1) is 6.22. The third-order valence-corrected chi connectivity index (χ3v) is 1.02.